The summed E-state index contributed by atoms with van der Waals surface area (Å²) >= 11 is 6.00. The van der Waals surface area contributed by atoms with Crippen LogP contribution >= 0.6 is 11.6 Å². The van der Waals surface area contributed by atoms with E-state index in [0.717, 1.165) is 5.56 Å². The molecule has 0 spiro atoms. The molecule has 0 saturated carbocycles. The Balaban J connectivity index is 1.83. The zero-order chi connectivity index (χ0) is 24.5. The molecule has 9 heteroatoms. The van der Waals surface area contributed by atoms with Crippen molar-refractivity contribution in [2.45, 2.75) is 16.3 Å². The first-order chi connectivity index (χ1) is 16.2. The van der Waals surface area contributed by atoms with Crippen molar-refractivity contribution in [3.8, 4) is 0 Å². The SMILES string of the molecule is CN(C)CCNC(=O)c1ccc2c(c1)N(Cc1ccc(Cl)cc1)C(=O)c1ccccc1S2(=O)=O. The minimum atomic E-state index is -4.00. The molecule has 0 atom stereocenters. The van der Waals surface area contributed by atoms with E-state index in [-0.39, 0.29) is 39.1 Å². The predicted molar refractivity (Wildman–Crippen MR) is 131 cm³/mol. The van der Waals surface area contributed by atoms with Crippen molar-refractivity contribution in [2.75, 3.05) is 32.1 Å². The maximum atomic E-state index is 13.6. The lowest BCUT2D eigenvalue weighted by Gasteiger charge is -2.23. The zero-order valence-corrected chi connectivity index (χ0v) is 20.4. The molecule has 34 heavy (non-hydrogen) atoms. The number of fused-ring (bicyclic) bond motifs is 2. The number of nitrogens with one attached hydrogen (secondary N) is 1. The van der Waals surface area contributed by atoms with E-state index < -0.39 is 15.7 Å². The van der Waals surface area contributed by atoms with Crippen molar-refractivity contribution in [1.82, 2.24) is 10.2 Å². The summed E-state index contributed by atoms with van der Waals surface area (Å²) in [4.78, 5) is 29.6. The summed E-state index contributed by atoms with van der Waals surface area (Å²) in [5, 5.41) is 3.38. The van der Waals surface area contributed by atoms with E-state index in [1.54, 1.807) is 36.4 Å². The lowest BCUT2D eigenvalue weighted by molar-refractivity contribution is 0.0947. The van der Waals surface area contributed by atoms with Crippen LogP contribution in [0.25, 0.3) is 0 Å². The first-order valence-corrected chi connectivity index (χ1v) is 12.5. The number of carbonyl (C=O) groups excluding carboxylic acids is 2. The summed E-state index contributed by atoms with van der Waals surface area (Å²) in [5.74, 6) is -0.805. The van der Waals surface area contributed by atoms with Crippen molar-refractivity contribution in [2.24, 2.45) is 0 Å². The number of hydrogen-bond acceptors (Lipinski definition) is 5. The van der Waals surface area contributed by atoms with E-state index in [4.69, 9.17) is 11.6 Å². The molecule has 0 fully saturated rings. The zero-order valence-electron chi connectivity index (χ0n) is 18.8. The lowest BCUT2D eigenvalue weighted by atomic mass is 10.1. The van der Waals surface area contributed by atoms with E-state index >= 15 is 0 Å². The topological polar surface area (TPSA) is 86.8 Å². The third-order valence-electron chi connectivity index (χ3n) is 5.55. The largest absolute Gasteiger partial charge is 0.351 e. The van der Waals surface area contributed by atoms with Gasteiger partial charge in [0.25, 0.3) is 11.8 Å². The average molecular weight is 498 g/mol. The molecule has 0 bridgehead atoms. The molecule has 0 saturated heterocycles. The van der Waals surface area contributed by atoms with Gasteiger partial charge in [0.1, 0.15) is 0 Å². The third-order valence-corrected chi connectivity index (χ3v) is 7.66. The first-order valence-electron chi connectivity index (χ1n) is 10.7. The van der Waals surface area contributed by atoms with Crippen molar-refractivity contribution in [3.63, 3.8) is 0 Å². The summed E-state index contributed by atoms with van der Waals surface area (Å²) in [6, 6.07) is 17.5. The normalized spacial score (nSPS) is 14.4. The van der Waals surface area contributed by atoms with Crippen LogP contribution in [-0.2, 0) is 16.4 Å². The quantitative estimate of drug-likeness (QED) is 0.562. The number of halogens is 1. The molecule has 3 aromatic rings. The van der Waals surface area contributed by atoms with Crippen molar-refractivity contribution in [1.29, 1.82) is 0 Å². The molecule has 1 aliphatic heterocycles. The summed E-state index contributed by atoms with van der Waals surface area (Å²) < 4.78 is 27.1. The van der Waals surface area contributed by atoms with Gasteiger partial charge in [-0.05, 0) is 62.1 Å². The molecule has 0 aliphatic carbocycles. The summed E-state index contributed by atoms with van der Waals surface area (Å²) in [7, 11) is -0.195. The summed E-state index contributed by atoms with van der Waals surface area (Å²) in [6.07, 6.45) is 0. The van der Waals surface area contributed by atoms with E-state index in [1.807, 2.05) is 19.0 Å². The second kappa shape index (κ2) is 9.58. The van der Waals surface area contributed by atoms with Gasteiger partial charge < -0.3 is 15.1 Å². The second-order valence-electron chi connectivity index (χ2n) is 8.26. The van der Waals surface area contributed by atoms with Crippen molar-refractivity contribution in [3.05, 3.63) is 88.4 Å². The third kappa shape index (κ3) is 4.70. The van der Waals surface area contributed by atoms with Crippen molar-refractivity contribution < 1.29 is 18.0 Å². The van der Waals surface area contributed by atoms with Crippen LogP contribution in [0.3, 0.4) is 0 Å². The van der Waals surface area contributed by atoms with Gasteiger partial charge in [-0.15, -0.1) is 0 Å². The monoisotopic (exact) mass is 497 g/mol. The number of benzene rings is 3. The van der Waals surface area contributed by atoms with E-state index in [9.17, 15) is 18.0 Å². The van der Waals surface area contributed by atoms with Gasteiger partial charge in [0.2, 0.25) is 9.84 Å². The van der Waals surface area contributed by atoms with Gasteiger partial charge in [-0.3, -0.25) is 9.59 Å². The number of hydrogen-bond donors (Lipinski definition) is 1. The minimum absolute atomic E-state index is 0.0235. The Kier molecular flexibility index (Phi) is 6.74. The lowest BCUT2D eigenvalue weighted by Crippen LogP contribution is -2.32. The van der Waals surface area contributed by atoms with Gasteiger partial charge in [0.05, 0.1) is 27.6 Å². The van der Waals surface area contributed by atoms with Crippen LogP contribution in [0.15, 0.2) is 76.5 Å². The maximum Gasteiger partial charge on any atom is 0.259 e. The molecule has 0 unspecified atom stereocenters. The first kappa shape index (κ1) is 23.9. The number of carbonyl (C=O) groups is 2. The Morgan fingerprint density at radius 3 is 2.41 bits per heavy atom. The van der Waals surface area contributed by atoms with Gasteiger partial charge in [-0.25, -0.2) is 8.42 Å². The number of sulfone groups is 1. The predicted octanol–water partition coefficient (Wildman–Crippen LogP) is 3.62. The van der Waals surface area contributed by atoms with Crippen LogP contribution < -0.4 is 10.2 Å². The second-order valence-corrected chi connectivity index (χ2v) is 10.6. The average Bonchev–Trinajstić information content (AvgIpc) is 2.88. The fourth-order valence-electron chi connectivity index (χ4n) is 3.77. The Morgan fingerprint density at radius 2 is 1.71 bits per heavy atom. The Hall–Kier alpha value is -3.20. The highest BCUT2D eigenvalue weighted by molar-refractivity contribution is 7.91. The van der Waals surface area contributed by atoms with Gasteiger partial charge in [0.15, 0.2) is 0 Å². The molecular weight excluding hydrogens is 474 g/mol. The van der Waals surface area contributed by atoms with Gasteiger partial charge in [-0.2, -0.15) is 0 Å². The smallest absolute Gasteiger partial charge is 0.259 e. The van der Waals surface area contributed by atoms with E-state index in [2.05, 4.69) is 5.32 Å². The standard InChI is InChI=1S/C25H24ClN3O4S/c1-28(2)14-13-27-24(30)18-9-12-23-21(15-18)29(16-17-7-10-19(26)11-8-17)25(31)20-5-3-4-6-22(20)34(23,32)33/h3-12,15H,13-14,16H2,1-2H3,(H,27,30). The molecule has 7 nitrogen and oxygen atoms in total. The maximum absolute atomic E-state index is 13.6. The molecule has 1 aliphatic rings. The summed E-state index contributed by atoms with van der Waals surface area (Å²) in [6.45, 7) is 1.19. The fraction of sp³-hybridized carbons (Fsp3) is 0.200. The van der Waals surface area contributed by atoms with Crippen LogP contribution in [0.4, 0.5) is 5.69 Å². The van der Waals surface area contributed by atoms with Gasteiger partial charge in [0, 0.05) is 23.7 Å². The minimum Gasteiger partial charge on any atom is -0.351 e. The molecule has 176 valence electrons. The molecular formula is C25H24ClN3O4S. The van der Waals surface area contributed by atoms with Gasteiger partial charge >= 0.3 is 0 Å². The van der Waals surface area contributed by atoms with Crippen LogP contribution in [0.1, 0.15) is 26.3 Å². The van der Waals surface area contributed by atoms with Crippen LogP contribution in [0.2, 0.25) is 5.02 Å². The molecule has 1 heterocycles. The Morgan fingerprint density at radius 1 is 1.00 bits per heavy atom. The highest BCUT2D eigenvalue weighted by Crippen LogP contribution is 2.38. The number of rotatable bonds is 6. The highest BCUT2D eigenvalue weighted by atomic mass is 35.5. The van der Waals surface area contributed by atoms with E-state index in [1.165, 1.54) is 35.2 Å². The highest BCUT2D eigenvalue weighted by Gasteiger charge is 2.36. The van der Waals surface area contributed by atoms with Crippen LogP contribution in [0, 0.1) is 0 Å². The number of nitrogens with zero attached hydrogens (tertiary/aromatic N) is 2. The molecule has 0 radical (unpaired) electrons. The number of likely N-dealkylation sites (N-methyl/N-ethyl adjacent to an activating group) is 1. The number of amides is 2. The Labute approximate surface area is 203 Å². The van der Waals surface area contributed by atoms with Crippen LogP contribution in [-0.4, -0.2) is 52.3 Å². The Bertz CT molecular complexity index is 1350. The van der Waals surface area contributed by atoms with Crippen LogP contribution in [0.5, 0.6) is 0 Å². The molecule has 0 aromatic heterocycles. The van der Waals surface area contributed by atoms with Crippen molar-refractivity contribution >= 4 is 38.9 Å². The van der Waals surface area contributed by atoms with E-state index in [0.29, 0.717) is 18.1 Å². The fourth-order valence-corrected chi connectivity index (χ4v) is 5.53. The number of anilines is 1. The molecule has 4 rings (SSSR count). The molecule has 1 N–H and O–H groups in total. The molecule has 3 aromatic carbocycles. The van der Waals surface area contributed by atoms with Gasteiger partial charge in [-0.1, -0.05) is 35.9 Å². The molecule has 2 amide bonds. The summed E-state index contributed by atoms with van der Waals surface area (Å²) in [5.41, 5.74) is 1.29.